The Morgan fingerprint density at radius 1 is 0.900 bits per heavy atom. The molecule has 0 heterocycles. The molecule has 0 N–H and O–H groups in total. The minimum absolute atomic E-state index is 0.116. The van der Waals surface area contributed by atoms with Gasteiger partial charge in [-0.25, -0.2) is 8.42 Å². The van der Waals surface area contributed by atoms with Gasteiger partial charge in [-0.3, -0.25) is 0 Å². The van der Waals surface area contributed by atoms with E-state index >= 15 is 0 Å². The first-order valence-electron chi connectivity index (χ1n) is 5.79. The highest BCUT2D eigenvalue weighted by atomic mass is 35.5. The van der Waals surface area contributed by atoms with Crippen LogP contribution in [0.5, 0.6) is 0 Å². The molecule has 0 amide bonds. The lowest BCUT2D eigenvalue weighted by atomic mass is 10.2. The van der Waals surface area contributed by atoms with Crippen LogP contribution >= 0.6 is 35.0 Å². The van der Waals surface area contributed by atoms with Crippen molar-refractivity contribution in [3.8, 4) is 0 Å². The summed E-state index contributed by atoms with van der Waals surface area (Å²) in [5.41, 5.74) is 0.964. The molecule has 0 aliphatic carbocycles. The fourth-order valence-corrected chi connectivity index (χ4v) is 4.82. The van der Waals surface area contributed by atoms with Crippen molar-refractivity contribution in [2.24, 2.45) is 0 Å². The molecule has 2 aromatic carbocycles. The maximum Gasteiger partial charge on any atom is 0.269 e. The van der Waals surface area contributed by atoms with Crippen molar-refractivity contribution in [3.05, 3.63) is 66.2 Å². The molecular weight excluding hydrogens is 335 g/mol. The van der Waals surface area contributed by atoms with Crippen LogP contribution in [0, 0.1) is 0 Å². The molecule has 6 heteroatoms. The zero-order chi connectivity index (χ0) is 14.6. The van der Waals surface area contributed by atoms with E-state index in [9.17, 15) is 8.42 Å². The maximum absolute atomic E-state index is 12.4. The zero-order valence-electron chi connectivity index (χ0n) is 10.4. The van der Waals surface area contributed by atoms with Crippen LogP contribution in [-0.2, 0) is 15.6 Å². The van der Waals surface area contributed by atoms with Crippen molar-refractivity contribution in [3.63, 3.8) is 0 Å². The maximum atomic E-state index is 12.4. The smallest absolute Gasteiger partial charge is 0.220 e. The fourth-order valence-electron chi connectivity index (χ4n) is 1.56. The van der Waals surface area contributed by atoms with Gasteiger partial charge >= 0.3 is 0 Å². The van der Waals surface area contributed by atoms with Gasteiger partial charge in [-0.1, -0.05) is 71.7 Å². The van der Waals surface area contributed by atoms with Crippen molar-refractivity contribution in [1.29, 1.82) is 0 Å². The van der Waals surface area contributed by atoms with E-state index in [0.717, 1.165) is 17.3 Å². The normalized spacial score (nSPS) is 12.3. The number of sulfone groups is 1. The van der Waals surface area contributed by atoms with Gasteiger partial charge in [-0.15, -0.1) is 11.8 Å². The second-order valence-corrected chi connectivity index (χ2v) is 9.82. The Hall–Kier alpha value is -0.680. The van der Waals surface area contributed by atoms with Crippen LogP contribution in [0.2, 0.25) is 0 Å². The van der Waals surface area contributed by atoms with E-state index in [2.05, 4.69) is 0 Å². The van der Waals surface area contributed by atoms with Gasteiger partial charge in [0, 0.05) is 5.75 Å². The molecule has 0 aliphatic heterocycles. The average Bonchev–Trinajstić information content (AvgIpc) is 2.47. The van der Waals surface area contributed by atoms with Gasteiger partial charge in [-0.05, 0) is 17.7 Å². The molecule has 2 nitrogen and oxygen atoms in total. The topological polar surface area (TPSA) is 34.1 Å². The number of thioether (sulfide) groups is 1. The SMILES string of the molecule is O=S(=O)(c1ccccc1)C(Cl)(Cl)SCc1ccccc1. The summed E-state index contributed by atoms with van der Waals surface area (Å²) >= 11 is 13.1. The van der Waals surface area contributed by atoms with E-state index < -0.39 is 12.8 Å². The molecular formula is C14H12Cl2O2S2. The van der Waals surface area contributed by atoms with Crippen LogP contribution in [0.4, 0.5) is 0 Å². The fraction of sp³-hybridized carbons (Fsp3) is 0.143. The summed E-state index contributed by atoms with van der Waals surface area (Å²) in [5, 5.41) is 0. The van der Waals surface area contributed by atoms with Gasteiger partial charge in [-0.2, -0.15) is 0 Å². The molecule has 0 saturated carbocycles. The van der Waals surface area contributed by atoms with E-state index in [0.29, 0.717) is 5.75 Å². The van der Waals surface area contributed by atoms with Gasteiger partial charge in [0.05, 0.1) is 4.90 Å². The second kappa shape index (κ2) is 6.39. The molecule has 0 fully saturated rings. The molecule has 0 unspecified atom stereocenters. The summed E-state index contributed by atoms with van der Waals surface area (Å²) in [4.78, 5) is 0.116. The Morgan fingerprint density at radius 2 is 1.40 bits per heavy atom. The summed E-state index contributed by atoms with van der Waals surface area (Å²) in [5.74, 6) is 0.417. The number of benzene rings is 2. The zero-order valence-corrected chi connectivity index (χ0v) is 13.5. The Bertz CT molecular complexity index is 656. The molecule has 20 heavy (non-hydrogen) atoms. The van der Waals surface area contributed by atoms with Crippen LogP contribution in [0.25, 0.3) is 0 Å². The molecule has 2 aromatic rings. The molecule has 0 aliphatic rings. The van der Waals surface area contributed by atoms with Crippen molar-refractivity contribution < 1.29 is 8.42 Å². The molecule has 106 valence electrons. The summed E-state index contributed by atoms with van der Waals surface area (Å²) < 4.78 is 22.9. The van der Waals surface area contributed by atoms with Crippen molar-refractivity contribution in [1.82, 2.24) is 0 Å². The largest absolute Gasteiger partial charge is 0.269 e. The van der Waals surface area contributed by atoms with Crippen LogP contribution in [0.3, 0.4) is 0 Å². The molecule has 0 saturated heterocycles. The van der Waals surface area contributed by atoms with E-state index in [1.54, 1.807) is 18.2 Å². The summed E-state index contributed by atoms with van der Waals surface area (Å²) in [6, 6.07) is 17.4. The third kappa shape index (κ3) is 3.50. The molecule has 0 aromatic heterocycles. The third-order valence-electron chi connectivity index (χ3n) is 2.62. The molecule has 0 spiro atoms. The Morgan fingerprint density at radius 3 is 1.95 bits per heavy atom. The van der Waals surface area contributed by atoms with E-state index in [1.807, 2.05) is 30.3 Å². The Kier molecular flexibility index (Phi) is 5.02. The second-order valence-electron chi connectivity index (χ2n) is 4.05. The average molecular weight is 347 g/mol. The highest BCUT2D eigenvalue weighted by Gasteiger charge is 2.41. The van der Waals surface area contributed by atoms with Gasteiger partial charge in [0.1, 0.15) is 0 Å². The molecule has 0 atom stereocenters. The first-order chi connectivity index (χ1) is 9.43. The van der Waals surface area contributed by atoms with E-state index in [1.165, 1.54) is 12.1 Å². The predicted octanol–water partition coefficient (Wildman–Crippen LogP) is 4.48. The first-order valence-corrected chi connectivity index (χ1v) is 9.01. The predicted molar refractivity (Wildman–Crippen MR) is 85.8 cm³/mol. The minimum Gasteiger partial charge on any atom is -0.220 e. The number of rotatable bonds is 5. The number of hydrogen-bond acceptors (Lipinski definition) is 3. The highest BCUT2D eigenvalue weighted by molar-refractivity contribution is 8.18. The molecule has 2 rings (SSSR count). The first kappa shape index (κ1) is 15.7. The van der Waals surface area contributed by atoms with Crippen molar-refractivity contribution in [2.45, 2.75) is 13.6 Å². The summed E-state index contributed by atoms with van der Waals surface area (Å²) in [6.07, 6.45) is 0. The Balaban J connectivity index is 2.18. The van der Waals surface area contributed by atoms with Crippen LogP contribution in [0.15, 0.2) is 65.6 Å². The summed E-state index contributed by atoms with van der Waals surface area (Å²) in [6.45, 7) is 0. The van der Waals surface area contributed by atoms with Crippen LogP contribution in [0.1, 0.15) is 5.56 Å². The van der Waals surface area contributed by atoms with Gasteiger partial charge in [0.15, 0.2) is 0 Å². The van der Waals surface area contributed by atoms with Crippen molar-refractivity contribution >= 4 is 44.8 Å². The van der Waals surface area contributed by atoms with Crippen molar-refractivity contribution in [2.75, 3.05) is 0 Å². The standard InChI is InChI=1S/C14H12Cl2O2S2/c15-14(16,19-11-12-7-3-1-4-8-12)20(17,18)13-9-5-2-6-10-13/h1-10H,11H2. The van der Waals surface area contributed by atoms with Gasteiger partial charge in [0.2, 0.25) is 9.84 Å². The highest BCUT2D eigenvalue weighted by Crippen LogP contribution is 2.45. The Labute approximate surface area is 133 Å². The van der Waals surface area contributed by atoms with Crippen LogP contribution in [-0.4, -0.2) is 11.4 Å². The van der Waals surface area contributed by atoms with E-state index in [4.69, 9.17) is 23.2 Å². The number of hydrogen-bond donors (Lipinski definition) is 0. The van der Waals surface area contributed by atoms with E-state index in [-0.39, 0.29) is 4.90 Å². The molecule has 0 radical (unpaired) electrons. The minimum atomic E-state index is -3.81. The van der Waals surface area contributed by atoms with Crippen LogP contribution < -0.4 is 0 Å². The van der Waals surface area contributed by atoms with Gasteiger partial charge in [0.25, 0.3) is 3.00 Å². The third-order valence-corrected chi connectivity index (χ3v) is 7.83. The number of halogens is 2. The monoisotopic (exact) mass is 346 g/mol. The summed E-state index contributed by atoms with van der Waals surface area (Å²) in [7, 11) is -3.81. The lowest BCUT2D eigenvalue weighted by Crippen LogP contribution is -2.22. The molecule has 0 bridgehead atoms. The number of alkyl halides is 2. The lowest BCUT2D eigenvalue weighted by Gasteiger charge is -2.19. The lowest BCUT2D eigenvalue weighted by molar-refractivity contribution is 0.597. The quantitative estimate of drug-likeness (QED) is 0.748. The van der Waals surface area contributed by atoms with Gasteiger partial charge < -0.3 is 0 Å².